The highest BCUT2D eigenvalue weighted by Crippen LogP contribution is 2.21. The fourth-order valence-corrected chi connectivity index (χ4v) is 5.09. The molecule has 1 aliphatic heterocycles. The fraction of sp³-hybridized carbons (Fsp3) is 0.781. The molecule has 2 amide bonds. The summed E-state index contributed by atoms with van der Waals surface area (Å²) in [5.74, 6) is -0.0152. The molecule has 1 aromatic heterocycles. The Bertz CT molecular complexity index is 809. The van der Waals surface area contributed by atoms with Gasteiger partial charge in [0.15, 0.2) is 6.20 Å². The summed E-state index contributed by atoms with van der Waals surface area (Å²) < 4.78 is 19.0. The van der Waals surface area contributed by atoms with E-state index in [2.05, 4.69) is 6.92 Å². The van der Waals surface area contributed by atoms with E-state index >= 15 is 0 Å². The van der Waals surface area contributed by atoms with Gasteiger partial charge in [-0.3, -0.25) is 4.79 Å². The number of carbonyl (C=O) groups is 2. The maximum atomic E-state index is 12.6. The summed E-state index contributed by atoms with van der Waals surface area (Å²) in [5.41, 5.74) is 0.845. The summed E-state index contributed by atoms with van der Waals surface area (Å²) in [4.78, 5) is 25.7. The summed E-state index contributed by atoms with van der Waals surface area (Å²) in [6.07, 6.45) is 20.9. The van der Waals surface area contributed by atoms with Crippen LogP contribution in [0.5, 0.6) is 0 Å². The lowest BCUT2D eigenvalue weighted by atomic mass is 10.0. The first-order chi connectivity index (χ1) is 19.0. The van der Waals surface area contributed by atoms with Crippen LogP contribution in [0.1, 0.15) is 116 Å². The van der Waals surface area contributed by atoms with Crippen LogP contribution in [0.2, 0.25) is 0 Å². The quantitative estimate of drug-likeness (QED) is 0.113. The molecule has 1 fully saturated rings. The topological polar surface area (TPSA) is 69.0 Å². The molecule has 1 aliphatic rings. The number of unbranched alkanes of at least 4 members (excludes halogenated alkanes) is 13. The molecule has 0 bridgehead atoms. The predicted octanol–water partition coefficient (Wildman–Crippen LogP) is 3.90. The molecule has 8 heteroatoms. The van der Waals surface area contributed by atoms with Crippen molar-refractivity contribution in [3.05, 3.63) is 30.1 Å². The average molecular weight is 675 g/mol. The number of rotatable bonds is 21. The molecule has 0 spiro atoms. The second-order valence-electron chi connectivity index (χ2n) is 11.2. The maximum Gasteiger partial charge on any atom is 0.417 e. The zero-order valence-corrected chi connectivity index (χ0v) is 27.6. The van der Waals surface area contributed by atoms with Crippen molar-refractivity contribution in [1.29, 1.82) is 0 Å². The number of hydrogen-bond donors (Lipinski definition) is 0. The van der Waals surface area contributed by atoms with Gasteiger partial charge in [0.2, 0.25) is 11.6 Å². The van der Waals surface area contributed by atoms with Crippen LogP contribution in [-0.2, 0) is 32.6 Å². The summed E-state index contributed by atoms with van der Waals surface area (Å²) in [7, 11) is 1.88. The third-order valence-electron chi connectivity index (χ3n) is 7.64. The van der Waals surface area contributed by atoms with E-state index < -0.39 is 6.09 Å². The first-order valence-electron chi connectivity index (χ1n) is 15.6. The van der Waals surface area contributed by atoms with E-state index in [1.165, 1.54) is 90.4 Å². The molecule has 2 rings (SSSR count). The molecule has 1 saturated heterocycles. The Morgan fingerprint density at radius 3 is 2.10 bits per heavy atom. The van der Waals surface area contributed by atoms with Crippen molar-refractivity contribution in [3.63, 3.8) is 0 Å². The Labute approximate surface area is 260 Å². The average Bonchev–Trinajstić information content (AvgIpc) is 3.38. The number of pyridine rings is 1. The molecule has 2 heterocycles. The number of ether oxygens (including phenoxy) is 3. The number of hydrogen-bond acceptors (Lipinski definition) is 5. The normalized spacial score (nSPS) is 16.5. The monoisotopic (exact) mass is 674 g/mol. The molecule has 0 N–H and O–H groups in total. The molecule has 40 heavy (non-hydrogen) atoms. The SMILES string of the molecule is CCCCCCCCCCCCCCCCOC[C@@H]1CO[C@@H](COC(=O)N(Cc2cccc[n+]2C)C(C)=O)C1.[I-]. The van der Waals surface area contributed by atoms with Gasteiger partial charge in [0.05, 0.1) is 19.3 Å². The molecule has 0 unspecified atom stereocenters. The number of imide groups is 1. The smallest absolute Gasteiger partial charge is 0.417 e. The Morgan fingerprint density at radius 2 is 1.52 bits per heavy atom. The molecule has 0 saturated carbocycles. The van der Waals surface area contributed by atoms with E-state index in [9.17, 15) is 9.59 Å². The van der Waals surface area contributed by atoms with Crippen molar-refractivity contribution < 1.29 is 52.3 Å². The molecular formula is C32H55IN2O5. The number of halogens is 1. The van der Waals surface area contributed by atoms with Crippen LogP contribution in [0, 0.1) is 5.92 Å². The summed E-state index contributed by atoms with van der Waals surface area (Å²) in [6.45, 7) is 6.09. The number of aromatic nitrogens is 1. The van der Waals surface area contributed by atoms with E-state index in [1.54, 1.807) is 0 Å². The number of carbonyl (C=O) groups excluding carboxylic acids is 2. The number of aryl methyl sites for hydroxylation is 1. The first kappa shape index (κ1) is 36.8. The summed E-state index contributed by atoms with van der Waals surface area (Å²) in [6, 6.07) is 5.66. The lowest BCUT2D eigenvalue weighted by Crippen LogP contribution is -3.00. The van der Waals surface area contributed by atoms with E-state index in [0.29, 0.717) is 19.1 Å². The van der Waals surface area contributed by atoms with Gasteiger partial charge in [-0.1, -0.05) is 96.5 Å². The van der Waals surface area contributed by atoms with Crippen molar-refractivity contribution in [2.75, 3.05) is 26.4 Å². The summed E-state index contributed by atoms with van der Waals surface area (Å²) in [5, 5.41) is 0. The van der Waals surface area contributed by atoms with E-state index in [4.69, 9.17) is 14.2 Å². The van der Waals surface area contributed by atoms with Gasteiger partial charge in [-0.15, -0.1) is 0 Å². The Kier molecular flexibility index (Phi) is 21.4. The Morgan fingerprint density at radius 1 is 0.925 bits per heavy atom. The maximum absolute atomic E-state index is 12.6. The van der Waals surface area contributed by atoms with Gasteiger partial charge in [-0.05, 0) is 12.8 Å². The molecule has 1 aromatic rings. The number of nitrogens with zero attached hydrogens (tertiary/aromatic N) is 2. The molecule has 0 radical (unpaired) electrons. The van der Waals surface area contributed by atoms with Crippen LogP contribution in [-0.4, -0.2) is 49.4 Å². The van der Waals surface area contributed by atoms with Crippen molar-refractivity contribution >= 4 is 12.0 Å². The van der Waals surface area contributed by atoms with Crippen LogP contribution in [0.15, 0.2) is 24.4 Å². The van der Waals surface area contributed by atoms with E-state index in [1.807, 2.05) is 36.0 Å². The highest BCUT2D eigenvalue weighted by atomic mass is 127. The Balaban J connectivity index is 0.00000800. The third kappa shape index (κ3) is 16.2. The first-order valence-corrected chi connectivity index (χ1v) is 15.6. The van der Waals surface area contributed by atoms with Crippen molar-refractivity contribution in [1.82, 2.24) is 4.90 Å². The minimum absolute atomic E-state index is 0. The molecule has 0 aromatic carbocycles. The van der Waals surface area contributed by atoms with E-state index in [-0.39, 0.29) is 49.1 Å². The van der Waals surface area contributed by atoms with Gasteiger partial charge < -0.3 is 38.2 Å². The van der Waals surface area contributed by atoms with Gasteiger partial charge in [-0.25, -0.2) is 14.3 Å². The zero-order valence-electron chi connectivity index (χ0n) is 25.4. The minimum atomic E-state index is -0.632. The van der Waals surface area contributed by atoms with Crippen LogP contribution in [0.25, 0.3) is 0 Å². The third-order valence-corrected chi connectivity index (χ3v) is 7.64. The molecular weight excluding hydrogens is 619 g/mol. The lowest BCUT2D eigenvalue weighted by molar-refractivity contribution is -0.679. The number of amides is 2. The van der Waals surface area contributed by atoms with Crippen LogP contribution < -0.4 is 28.5 Å². The molecule has 7 nitrogen and oxygen atoms in total. The van der Waals surface area contributed by atoms with Gasteiger partial charge in [0, 0.05) is 31.6 Å². The lowest BCUT2D eigenvalue weighted by Gasteiger charge is -2.19. The van der Waals surface area contributed by atoms with Crippen LogP contribution in [0.3, 0.4) is 0 Å². The van der Waals surface area contributed by atoms with E-state index in [0.717, 1.165) is 30.0 Å². The standard InChI is InChI=1S/C32H55N2O5.HI/c1-4-5-6-7-8-9-10-11-12-13-14-15-16-19-22-37-25-29-23-31(38-26-29)27-39-32(36)34(28(2)35)24-30-20-17-18-21-33(30)3;/h17-18,20-21,29,31H,4-16,19,22-27H2,1-3H3;1H/q+1;/p-1/t29-,31-;/m1./s1. The fourth-order valence-electron chi connectivity index (χ4n) is 5.09. The van der Waals surface area contributed by atoms with Gasteiger partial charge in [0.25, 0.3) is 0 Å². The summed E-state index contributed by atoms with van der Waals surface area (Å²) >= 11 is 0. The highest BCUT2D eigenvalue weighted by Gasteiger charge is 2.29. The second-order valence-corrected chi connectivity index (χ2v) is 11.2. The molecule has 230 valence electrons. The van der Waals surface area contributed by atoms with Gasteiger partial charge >= 0.3 is 6.09 Å². The van der Waals surface area contributed by atoms with Crippen LogP contribution >= 0.6 is 0 Å². The molecule has 0 aliphatic carbocycles. The van der Waals surface area contributed by atoms with Crippen molar-refractivity contribution in [3.8, 4) is 0 Å². The Hall–Kier alpha value is -1.26. The largest absolute Gasteiger partial charge is 1.00 e. The van der Waals surface area contributed by atoms with Gasteiger partial charge in [0.1, 0.15) is 20.2 Å². The van der Waals surface area contributed by atoms with Crippen molar-refractivity contribution in [2.24, 2.45) is 13.0 Å². The zero-order chi connectivity index (χ0) is 28.1. The predicted molar refractivity (Wildman–Crippen MR) is 154 cm³/mol. The molecule has 2 atom stereocenters. The van der Waals surface area contributed by atoms with Crippen LogP contribution in [0.4, 0.5) is 4.79 Å². The highest BCUT2D eigenvalue weighted by molar-refractivity contribution is 5.90. The minimum Gasteiger partial charge on any atom is -1.00 e. The second kappa shape index (κ2) is 23.3. The van der Waals surface area contributed by atoms with Crippen molar-refractivity contribution in [2.45, 2.75) is 123 Å². The van der Waals surface area contributed by atoms with Gasteiger partial charge in [-0.2, -0.15) is 0 Å².